The third kappa shape index (κ3) is 3.76. The highest BCUT2D eigenvalue weighted by Crippen LogP contribution is 2.47. The van der Waals surface area contributed by atoms with E-state index in [1.165, 1.54) is 5.56 Å². The monoisotopic (exact) mass is 333 g/mol. The maximum atomic E-state index is 12.3. The molecule has 1 aliphatic carbocycles. The topological polar surface area (TPSA) is 68.0 Å². The summed E-state index contributed by atoms with van der Waals surface area (Å²) in [7, 11) is 0. The van der Waals surface area contributed by atoms with Crippen molar-refractivity contribution in [3.63, 3.8) is 0 Å². The maximum Gasteiger partial charge on any atom is 0.231 e. The largest absolute Gasteiger partial charge is 0.348 e. The van der Waals surface area contributed by atoms with E-state index in [1.807, 2.05) is 48.5 Å². The van der Waals surface area contributed by atoms with Crippen LogP contribution in [0.5, 0.6) is 0 Å². The molecule has 0 spiro atoms. The van der Waals surface area contributed by atoms with Gasteiger partial charge in [-0.3, -0.25) is 4.79 Å². The van der Waals surface area contributed by atoms with Gasteiger partial charge in [0.25, 0.3) is 0 Å². The van der Waals surface area contributed by atoms with Crippen LogP contribution in [0.25, 0.3) is 0 Å². The Morgan fingerprint density at radius 1 is 1.08 bits per heavy atom. The van der Waals surface area contributed by atoms with Crippen LogP contribution in [-0.4, -0.2) is 16.0 Å². The van der Waals surface area contributed by atoms with Crippen LogP contribution < -0.4 is 5.32 Å². The molecule has 0 unspecified atom stereocenters. The third-order valence-electron chi connectivity index (χ3n) is 4.48. The molecule has 1 amide bonds. The van der Waals surface area contributed by atoms with Crippen LogP contribution in [0.2, 0.25) is 0 Å². The Balaban J connectivity index is 1.28. The fraction of sp³-hybridized carbons (Fsp3) is 0.250. The minimum Gasteiger partial charge on any atom is -0.348 e. The number of nitrogens with zero attached hydrogens (tertiary/aromatic N) is 2. The van der Waals surface area contributed by atoms with Crippen molar-refractivity contribution in [3.05, 3.63) is 83.5 Å². The SMILES string of the molecule is O=C(NCc1noc(Cc2ccccc2)n1)[C@H]1C[C@@H]1c1ccccc1. The van der Waals surface area contributed by atoms with Gasteiger partial charge in [-0.05, 0) is 23.5 Å². The molecule has 5 heteroatoms. The molecule has 1 saturated carbocycles. The Kier molecular flexibility index (Phi) is 4.29. The van der Waals surface area contributed by atoms with Gasteiger partial charge in [0.2, 0.25) is 11.8 Å². The number of benzene rings is 2. The van der Waals surface area contributed by atoms with E-state index < -0.39 is 0 Å². The highest BCUT2D eigenvalue weighted by atomic mass is 16.5. The molecule has 0 aliphatic heterocycles. The van der Waals surface area contributed by atoms with Crippen LogP contribution in [0.4, 0.5) is 0 Å². The van der Waals surface area contributed by atoms with Crippen LogP contribution in [0.3, 0.4) is 0 Å². The van der Waals surface area contributed by atoms with Gasteiger partial charge < -0.3 is 9.84 Å². The summed E-state index contributed by atoms with van der Waals surface area (Å²) in [5.41, 5.74) is 2.35. The fourth-order valence-electron chi connectivity index (χ4n) is 3.05. The summed E-state index contributed by atoms with van der Waals surface area (Å²) in [6.07, 6.45) is 1.50. The van der Waals surface area contributed by atoms with Crippen molar-refractivity contribution in [2.24, 2.45) is 5.92 Å². The zero-order chi connectivity index (χ0) is 17.1. The number of carbonyl (C=O) groups is 1. The molecule has 1 heterocycles. The second-order valence-electron chi connectivity index (χ2n) is 6.34. The van der Waals surface area contributed by atoms with Gasteiger partial charge in [0.05, 0.1) is 13.0 Å². The summed E-state index contributed by atoms with van der Waals surface area (Å²) in [6.45, 7) is 0.301. The predicted octanol–water partition coefficient (Wildman–Crippen LogP) is 3.08. The number of hydrogen-bond acceptors (Lipinski definition) is 4. The molecule has 2 aromatic carbocycles. The normalized spacial score (nSPS) is 18.7. The summed E-state index contributed by atoms with van der Waals surface area (Å²) in [5.74, 6) is 1.52. The van der Waals surface area contributed by atoms with Crippen molar-refractivity contribution in [2.75, 3.05) is 0 Å². The predicted molar refractivity (Wildman–Crippen MR) is 92.7 cm³/mol. The molecule has 0 bridgehead atoms. The molecule has 0 saturated heterocycles. The molecule has 2 atom stereocenters. The van der Waals surface area contributed by atoms with Crippen LogP contribution in [-0.2, 0) is 17.8 Å². The average molecular weight is 333 g/mol. The molecule has 1 fully saturated rings. The lowest BCUT2D eigenvalue weighted by Gasteiger charge is -2.02. The standard InChI is InChI=1S/C20H19N3O2/c24-20(17-12-16(17)15-9-5-2-6-10-15)21-13-18-22-19(25-23-18)11-14-7-3-1-4-8-14/h1-10,16-17H,11-13H2,(H,21,24)/t16-,17+/m1/s1. The van der Waals surface area contributed by atoms with E-state index in [0.29, 0.717) is 30.6 Å². The van der Waals surface area contributed by atoms with Crippen molar-refractivity contribution in [1.29, 1.82) is 0 Å². The molecule has 1 aromatic heterocycles. The molecule has 3 aromatic rings. The maximum absolute atomic E-state index is 12.3. The minimum atomic E-state index is 0.0538. The van der Waals surface area contributed by atoms with Gasteiger partial charge in [-0.1, -0.05) is 65.8 Å². The zero-order valence-electron chi connectivity index (χ0n) is 13.8. The number of nitrogens with one attached hydrogen (secondary N) is 1. The Bertz CT molecular complexity index is 846. The van der Waals surface area contributed by atoms with Crippen LogP contribution in [0, 0.1) is 5.92 Å². The van der Waals surface area contributed by atoms with Crippen molar-refractivity contribution >= 4 is 5.91 Å². The molecule has 1 aliphatic rings. The highest BCUT2D eigenvalue weighted by Gasteiger charge is 2.43. The molecule has 0 radical (unpaired) electrons. The van der Waals surface area contributed by atoms with Gasteiger partial charge in [0.1, 0.15) is 0 Å². The first-order valence-electron chi connectivity index (χ1n) is 8.47. The van der Waals surface area contributed by atoms with Gasteiger partial charge in [-0.25, -0.2) is 0 Å². The lowest BCUT2D eigenvalue weighted by molar-refractivity contribution is -0.122. The number of rotatable bonds is 6. The second kappa shape index (κ2) is 6.89. The molecular weight excluding hydrogens is 314 g/mol. The second-order valence-corrected chi connectivity index (χ2v) is 6.34. The van der Waals surface area contributed by atoms with E-state index in [4.69, 9.17) is 4.52 Å². The van der Waals surface area contributed by atoms with E-state index in [9.17, 15) is 4.79 Å². The lowest BCUT2D eigenvalue weighted by atomic mass is 10.1. The molecule has 1 N–H and O–H groups in total. The Morgan fingerprint density at radius 2 is 1.80 bits per heavy atom. The van der Waals surface area contributed by atoms with Crippen molar-refractivity contribution in [1.82, 2.24) is 15.5 Å². The van der Waals surface area contributed by atoms with Crippen molar-refractivity contribution in [3.8, 4) is 0 Å². The molecule has 25 heavy (non-hydrogen) atoms. The highest BCUT2D eigenvalue weighted by molar-refractivity contribution is 5.82. The summed E-state index contributed by atoms with van der Waals surface area (Å²) in [6, 6.07) is 20.1. The fourth-order valence-corrected chi connectivity index (χ4v) is 3.05. The van der Waals surface area contributed by atoms with Crippen LogP contribution in [0.15, 0.2) is 65.2 Å². The van der Waals surface area contributed by atoms with E-state index in [-0.39, 0.29) is 11.8 Å². The Labute approximate surface area is 146 Å². The first-order chi connectivity index (χ1) is 12.3. The van der Waals surface area contributed by atoms with Crippen molar-refractivity contribution < 1.29 is 9.32 Å². The van der Waals surface area contributed by atoms with Gasteiger partial charge in [-0.15, -0.1) is 0 Å². The third-order valence-corrected chi connectivity index (χ3v) is 4.48. The van der Waals surface area contributed by atoms with E-state index in [0.717, 1.165) is 12.0 Å². The van der Waals surface area contributed by atoms with E-state index >= 15 is 0 Å². The van der Waals surface area contributed by atoms with E-state index in [2.05, 4.69) is 27.6 Å². The quantitative estimate of drug-likeness (QED) is 0.753. The number of amides is 1. The molecule has 5 nitrogen and oxygen atoms in total. The summed E-state index contributed by atoms with van der Waals surface area (Å²) < 4.78 is 5.26. The van der Waals surface area contributed by atoms with Crippen LogP contribution in [0.1, 0.15) is 35.2 Å². The first kappa shape index (κ1) is 15.6. The molecular formula is C20H19N3O2. The summed E-state index contributed by atoms with van der Waals surface area (Å²) in [5, 5.41) is 6.85. The number of carbonyl (C=O) groups excluding carboxylic acids is 1. The van der Waals surface area contributed by atoms with Crippen molar-refractivity contribution in [2.45, 2.75) is 25.3 Å². The lowest BCUT2D eigenvalue weighted by Crippen LogP contribution is -2.25. The number of aromatic nitrogens is 2. The summed E-state index contributed by atoms with van der Waals surface area (Å²) >= 11 is 0. The van der Waals surface area contributed by atoms with E-state index in [1.54, 1.807) is 0 Å². The molecule has 4 rings (SSSR count). The zero-order valence-corrected chi connectivity index (χ0v) is 13.8. The Morgan fingerprint density at radius 3 is 2.56 bits per heavy atom. The van der Waals surface area contributed by atoms with Gasteiger partial charge in [0, 0.05) is 5.92 Å². The van der Waals surface area contributed by atoms with Crippen LogP contribution >= 0.6 is 0 Å². The molecule has 126 valence electrons. The summed E-state index contributed by atoms with van der Waals surface area (Å²) in [4.78, 5) is 16.6. The first-order valence-corrected chi connectivity index (χ1v) is 8.47. The van der Waals surface area contributed by atoms with Gasteiger partial charge in [-0.2, -0.15) is 4.98 Å². The Hall–Kier alpha value is -2.95. The average Bonchev–Trinajstić information content (AvgIpc) is 3.35. The van der Waals surface area contributed by atoms with Gasteiger partial charge in [0.15, 0.2) is 5.82 Å². The number of hydrogen-bond donors (Lipinski definition) is 1. The smallest absolute Gasteiger partial charge is 0.231 e. The van der Waals surface area contributed by atoms with Gasteiger partial charge >= 0.3 is 0 Å². The minimum absolute atomic E-state index is 0.0538.